The van der Waals surface area contributed by atoms with E-state index in [9.17, 15) is 8.42 Å². The van der Waals surface area contributed by atoms with Gasteiger partial charge in [0.15, 0.2) is 5.96 Å². The fraction of sp³-hybridized carbons (Fsp3) is 0.588. The molecule has 0 aliphatic carbocycles. The molecule has 142 valence electrons. The molecule has 1 rings (SSSR count). The Bertz CT molecular complexity index is 719. The molecule has 0 radical (unpaired) electrons. The first kappa shape index (κ1) is 22.1. The molecule has 1 unspecified atom stereocenters. The van der Waals surface area contributed by atoms with Crippen LogP contribution in [0.25, 0.3) is 0 Å². The molecule has 0 aromatic heterocycles. The quantitative estimate of drug-likeness (QED) is 0.533. The molecule has 25 heavy (non-hydrogen) atoms. The highest BCUT2D eigenvalue weighted by molar-refractivity contribution is 7.90. The molecule has 0 spiro atoms. The van der Waals surface area contributed by atoms with Crippen LogP contribution in [0.3, 0.4) is 0 Å². The molecular formula is C17H27Cl2N3O2S. The Kier molecular flexibility index (Phi) is 8.03. The van der Waals surface area contributed by atoms with Gasteiger partial charge in [0, 0.05) is 29.9 Å². The van der Waals surface area contributed by atoms with Crippen molar-refractivity contribution < 1.29 is 8.42 Å². The van der Waals surface area contributed by atoms with Gasteiger partial charge in [-0.15, -0.1) is 0 Å². The van der Waals surface area contributed by atoms with Crippen LogP contribution in [0.5, 0.6) is 0 Å². The third-order valence-electron chi connectivity index (χ3n) is 3.89. The highest BCUT2D eigenvalue weighted by Gasteiger charge is 2.21. The summed E-state index contributed by atoms with van der Waals surface area (Å²) in [4.78, 5) is 4.22. The van der Waals surface area contributed by atoms with Crippen molar-refractivity contribution in [2.75, 3.05) is 25.6 Å². The van der Waals surface area contributed by atoms with E-state index in [1.54, 1.807) is 19.2 Å². The fourth-order valence-corrected chi connectivity index (χ4v) is 3.70. The zero-order chi connectivity index (χ0) is 19.3. The summed E-state index contributed by atoms with van der Waals surface area (Å²) in [5.41, 5.74) is 0.743. The summed E-state index contributed by atoms with van der Waals surface area (Å²) in [5.74, 6) is 0.802. The molecule has 0 fully saturated rings. The van der Waals surface area contributed by atoms with E-state index >= 15 is 0 Å². The smallest absolute Gasteiger partial charge is 0.191 e. The summed E-state index contributed by atoms with van der Waals surface area (Å²) >= 11 is 12.2. The molecule has 8 heteroatoms. The van der Waals surface area contributed by atoms with E-state index in [1.807, 2.05) is 26.8 Å². The van der Waals surface area contributed by atoms with E-state index in [-0.39, 0.29) is 17.2 Å². The Labute approximate surface area is 161 Å². The third-order valence-corrected chi connectivity index (χ3v) is 5.40. The monoisotopic (exact) mass is 407 g/mol. The maximum absolute atomic E-state index is 11.4. The van der Waals surface area contributed by atoms with Gasteiger partial charge in [-0.25, -0.2) is 8.42 Å². The van der Waals surface area contributed by atoms with Crippen LogP contribution in [0.4, 0.5) is 0 Å². The minimum atomic E-state index is -2.96. The van der Waals surface area contributed by atoms with Gasteiger partial charge in [-0.3, -0.25) is 4.99 Å². The molecule has 5 nitrogen and oxygen atoms in total. The van der Waals surface area contributed by atoms with Gasteiger partial charge in [-0.05, 0) is 36.5 Å². The second kappa shape index (κ2) is 9.10. The first-order valence-corrected chi connectivity index (χ1v) is 10.8. The molecular weight excluding hydrogens is 381 g/mol. The van der Waals surface area contributed by atoms with Crippen LogP contribution in [-0.2, 0) is 9.84 Å². The van der Waals surface area contributed by atoms with E-state index in [1.165, 1.54) is 6.26 Å². The van der Waals surface area contributed by atoms with E-state index in [2.05, 4.69) is 15.6 Å². The highest BCUT2D eigenvalue weighted by Crippen LogP contribution is 2.26. The Morgan fingerprint density at radius 1 is 1.32 bits per heavy atom. The molecule has 1 aromatic rings. The SMILES string of the molecule is CN=C(NCC(C)(C)CCS(C)(=O)=O)NC(C)c1ccc(Cl)cc1Cl. The fourth-order valence-electron chi connectivity index (χ4n) is 2.20. The van der Waals surface area contributed by atoms with Gasteiger partial charge >= 0.3 is 0 Å². The second-order valence-corrected chi connectivity index (χ2v) is 10.1. The molecule has 0 bridgehead atoms. The third kappa shape index (κ3) is 8.29. The molecule has 1 aromatic carbocycles. The summed E-state index contributed by atoms with van der Waals surface area (Å²) in [6.45, 7) is 6.63. The van der Waals surface area contributed by atoms with Gasteiger partial charge in [-0.1, -0.05) is 43.1 Å². The Balaban J connectivity index is 2.65. The number of sulfone groups is 1. The maximum atomic E-state index is 11.4. The summed E-state index contributed by atoms with van der Waals surface area (Å²) in [7, 11) is -1.27. The Morgan fingerprint density at radius 2 is 1.96 bits per heavy atom. The number of rotatable bonds is 7. The first-order valence-electron chi connectivity index (χ1n) is 8.03. The van der Waals surface area contributed by atoms with Gasteiger partial charge in [-0.2, -0.15) is 0 Å². The van der Waals surface area contributed by atoms with Crippen LogP contribution >= 0.6 is 23.2 Å². The van der Waals surface area contributed by atoms with Crippen molar-refractivity contribution in [1.29, 1.82) is 0 Å². The van der Waals surface area contributed by atoms with Gasteiger partial charge in [0.1, 0.15) is 9.84 Å². The van der Waals surface area contributed by atoms with Crippen LogP contribution in [0.1, 0.15) is 38.8 Å². The lowest BCUT2D eigenvalue weighted by atomic mass is 9.90. The van der Waals surface area contributed by atoms with E-state index in [4.69, 9.17) is 23.2 Å². The second-order valence-electron chi connectivity index (χ2n) is 7.00. The molecule has 0 amide bonds. The number of nitrogens with zero attached hydrogens (tertiary/aromatic N) is 1. The normalized spacial score (nSPS) is 14.3. The maximum Gasteiger partial charge on any atom is 0.191 e. The molecule has 0 saturated carbocycles. The predicted octanol–water partition coefficient (Wildman–Crippen LogP) is 3.68. The minimum Gasteiger partial charge on any atom is -0.356 e. The zero-order valence-electron chi connectivity index (χ0n) is 15.4. The number of aliphatic imine (C=N–C) groups is 1. The van der Waals surface area contributed by atoms with Crippen molar-refractivity contribution in [2.45, 2.75) is 33.2 Å². The van der Waals surface area contributed by atoms with Gasteiger partial charge in [0.25, 0.3) is 0 Å². The average Bonchev–Trinajstić information content (AvgIpc) is 2.48. The van der Waals surface area contributed by atoms with E-state index < -0.39 is 9.84 Å². The van der Waals surface area contributed by atoms with E-state index in [0.29, 0.717) is 29.0 Å². The van der Waals surface area contributed by atoms with Gasteiger partial charge < -0.3 is 10.6 Å². The van der Waals surface area contributed by atoms with Crippen molar-refractivity contribution in [1.82, 2.24) is 10.6 Å². The van der Waals surface area contributed by atoms with Crippen molar-refractivity contribution in [3.05, 3.63) is 33.8 Å². The van der Waals surface area contributed by atoms with Crippen LogP contribution < -0.4 is 10.6 Å². The molecule has 0 aliphatic rings. The largest absolute Gasteiger partial charge is 0.356 e. The van der Waals surface area contributed by atoms with E-state index in [0.717, 1.165) is 5.56 Å². The summed E-state index contributed by atoms with van der Waals surface area (Å²) < 4.78 is 22.7. The van der Waals surface area contributed by atoms with Crippen LogP contribution in [0, 0.1) is 5.41 Å². The molecule has 0 heterocycles. The lowest BCUT2D eigenvalue weighted by Crippen LogP contribution is -2.43. The number of benzene rings is 1. The topological polar surface area (TPSA) is 70.6 Å². The lowest BCUT2D eigenvalue weighted by molar-refractivity contribution is 0.348. The molecule has 0 aliphatic heterocycles. The zero-order valence-corrected chi connectivity index (χ0v) is 17.7. The molecule has 1 atom stereocenters. The highest BCUT2D eigenvalue weighted by atomic mass is 35.5. The number of nitrogens with one attached hydrogen (secondary N) is 2. The summed E-state index contributed by atoms with van der Waals surface area (Å²) in [6, 6.07) is 5.33. The summed E-state index contributed by atoms with van der Waals surface area (Å²) in [6.07, 6.45) is 1.84. The predicted molar refractivity (Wildman–Crippen MR) is 107 cm³/mol. The molecule has 0 saturated heterocycles. The molecule has 2 N–H and O–H groups in total. The van der Waals surface area contributed by atoms with Crippen molar-refractivity contribution in [2.24, 2.45) is 10.4 Å². The first-order chi connectivity index (χ1) is 11.4. The Morgan fingerprint density at radius 3 is 2.48 bits per heavy atom. The number of halogens is 2. The standard InChI is InChI=1S/C17H27Cl2N3O2S/c1-12(14-7-6-13(18)10-15(14)19)22-16(20-4)21-11-17(2,3)8-9-25(5,23)24/h6-7,10,12H,8-9,11H2,1-5H3,(H2,20,21,22). The summed E-state index contributed by atoms with van der Waals surface area (Å²) in [5, 5.41) is 7.72. The van der Waals surface area contributed by atoms with Crippen LogP contribution in [0.15, 0.2) is 23.2 Å². The van der Waals surface area contributed by atoms with Gasteiger partial charge in [0.05, 0.1) is 11.8 Å². The number of hydrogen-bond acceptors (Lipinski definition) is 3. The minimum absolute atomic E-state index is 0.0601. The number of hydrogen-bond donors (Lipinski definition) is 2. The van der Waals surface area contributed by atoms with Crippen molar-refractivity contribution >= 4 is 39.0 Å². The lowest BCUT2D eigenvalue weighted by Gasteiger charge is -2.27. The van der Waals surface area contributed by atoms with Gasteiger partial charge in [0.2, 0.25) is 0 Å². The van der Waals surface area contributed by atoms with Crippen LogP contribution in [-0.4, -0.2) is 40.0 Å². The van der Waals surface area contributed by atoms with Crippen LogP contribution in [0.2, 0.25) is 10.0 Å². The van der Waals surface area contributed by atoms with Crippen molar-refractivity contribution in [3.8, 4) is 0 Å². The Hall–Kier alpha value is -0.980. The number of guanidine groups is 1. The van der Waals surface area contributed by atoms with Crippen molar-refractivity contribution in [3.63, 3.8) is 0 Å². The average molecular weight is 408 g/mol.